The molecule has 0 fully saturated rings. The van der Waals surface area contributed by atoms with Gasteiger partial charge in [0.2, 0.25) is 0 Å². The van der Waals surface area contributed by atoms with Gasteiger partial charge in [-0.25, -0.2) is 0 Å². The Morgan fingerprint density at radius 1 is 0.549 bits per heavy atom. The predicted octanol–water partition coefficient (Wildman–Crippen LogP) is 11.2. The lowest BCUT2D eigenvalue weighted by Crippen LogP contribution is -2.12. The van der Waals surface area contributed by atoms with Crippen molar-refractivity contribution in [1.29, 1.82) is 15.8 Å². The Morgan fingerprint density at radius 2 is 1.16 bits per heavy atom. The maximum absolute atomic E-state index is 10.9. The minimum Gasteiger partial charge on any atom is -0.312 e. The second-order valence-corrected chi connectivity index (χ2v) is 13.2. The largest absolute Gasteiger partial charge is 0.312 e. The van der Waals surface area contributed by atoms with E-state index in [1.807, 2.05) is 66.7 Å². The SMILES string of the molecule is CC1C=C(C#N)C(c2cccc(-c3cccc(-n4c5ccccc5c5cc(C#N)ccc54)c3)c2C#N)=C(n2c3ccccc3c3ccccc32)C1. The summed E-state index contributed by atoms with van der Waals surface area (Å²) in [6.45, 7) is 2.14. The third-order valence-electron chi connectivity index (χ3n) is 10.2. The van der Waals surface area contributed by atoms with Crippen LogP contribution in [0.15, 0.2) is 145 Å². The Balaban J connectivity index is 1.28. The van der Waals surface area contributed by atoms with E-state index in [1.165, 1.54) is 0 Å². The zero-order valence-electron chi connectivity index (χ0n) is 27.8. The summed E-state index contributed by atoms with van der Waals surface area (Å²) < 4.78 is 4.52. The molecule has 0 saturated carbocycles. The molecular formula is C46H29N5. The average Bonchev–Trinajstić information content (AvgIpc) is 3.70. The van der Waals surface area contributed by atoms with Gasteiger partial charge in [-0.15, -0.1) is 0 Å². The molecule has 6 aromatic carbocycles. The number of rotatable bonds is 4. The fourth-order valence-electron chi connectivity index (χ4n) is 8.05. The summed E-state index contributed by atoms with van der Waals surface area (Å²) in [7, 11) is 0. The number of allylic oxidation sites excluding steroid dienone is 4. The van der Waals surface area contributed by atoms with Crippen LogP contribution in [0.2, 0.25) is 0 Å². The molecule has 2 heterocycles. The second kappa shape index (κ2) is 11.8. The third kappa shape index (κ3) is 4.59. The van der Waals surface area contributed by atoms with E-state index in [0.29, 0.717) is 16.7 Å². The van der Waals surface area contributed by atoms with Crippen LogP contribution in [0.5, 0.6) is 0 Å². The molecule has 8 aromatic rings. The summed E-state index contributed by atoms with van der Waals surface area (Å²) in [6.07, 6.45) is 2.76. The number of nitriles is 3. The van der Waals surface area contributed by atoms with Gasteiger partial charge in [0, 0.05) is 49.6 Å². The maximum Gasteiger partial charge on any atom is 0.100 e. The Labute approximate surface area is 295 Å². The minimum absolute atomic E-state index is 0.138. The molecule has 5 heteroatoms. The van der Waals surface area contributed by atoms with Gasteiger partial charge in [0.25, 0.3) is 0 Å². The molecule has 1 unspecified atom stereocenters. The Hall–Kier alpha value is -7.13. The van der Waals surface area contributed by atoms with Gasteiger partial charge in [0.1, 0.15) is 6.07 Å². The number of para-hydroxylation sites is 3. The van der Waals surface area contributed by atoms with E-state index in [4.69, 9.17) is 0 Å². The number of hydrogen-bond acceptors (Lipinski definition) is 3. The van der Waals surface area contributed by atoms with E-state index in [-0.39, 0.29) is 5.92 Å². The number of benzene rings is 6. The van der Waals surface area contributed by atoms with E-state index in [9.17, 15) is 15.8 Å². The molecular weight excluding hydrogens is 623 g/mol. The Bertz CT molecular complexity index is 2890. The normalized spacial score (nSPS) is 14.5. The molecule has 0 radical (unpaired) electrons. The van der Waals surface area contributed by atoms with Crippen LogP contribution in [0, 0.1) is 39.9 Å². The first-order valence-corrected chi connectivity index (χ1v) is 17.0. The molecule has 0 bridgehead atoms. The molecule has 1 atom stereocenters. The Kier molecular flexibility index (Phi) is 6.92. The van der Waals surface area contributed by atoms with Crippen molar-refractivity contribution >= 4 is 54.9 Å². The molecule has 1 aliphatic rings. The lowest BCUT2D eigenvalue weighted by Gasteiger charge is -2.26. The summed E-state index contributed by atoms with van der Waals surface area (Å²) in [5.41, 5.74) is 11.1. The van der Waals surface area contributed by atoms with Crippen LogP contribution in [0.1, 0.15) is 30.0 Å². The van der Waals surface area contributed by atoms with Gasteiger partial charge < -0.3 is 9.13 Å². The zero-order valence-corrected chi connectivity index (χ0v) is 27.8. The molecule has 51 heavy (non-hydrogen) atoms. The van der Waals surface area contributed by atoms with Crippen molar-refractivity contribution in [3.05, 3.63) is 162 Å². The summed E-state index contributed by atoms with van der Waals surface area (Å²) in [5, 5.41) is 35.6. The molecule has 5 nitrogen and oxygen atoms in total. The molecule has 9 rings (SSSR count). The van der Waals surface area contributed by atoms with Crippen LogP contribution in [-0.4, -0.2) is 9.13 Å². The van der Waals surface area contributed by atoms with Crippen molar-refractivity contribution in [2.24, 2.45) is 5.92 Å². The highest BCUT2D eigenvalue weighted by Crippen LogP contribution is 2.44. The molecule has 0 aliphatic heterocycles. The summed E-state index contributed by atoms with van der Waals surface area (Å²) in [5.74, 6) is 0.138. The third-order valence-corrected chi connectivity index (χ3v) is 10.2. The van der Waals surface area contributed by atoms with Crippen LogP contribution >= 0.6 is 0 Å². The summed E-state index contributed by atoms with van der Waals surface area (Å²) in [4.78, 5) is 0. The molecule has 0 N–H and O–H groups in total. The van der Waals surface area contributed by atoms with Gasteiger partial charge in [0.05, 0.1) is 50.9 Å². The van der Waals surface area contributed by atoms with Crippen LogP contribution in [0.25, 0.3) is 71.7 Å². The molecule has 1 aliphatic carbocycles. The number of nitrogens with zero attached hydrogens (tertiary/aromatic N) is 5. The lowest BCUT2D eigenvalue weighted by atomic mass is 9.82. The average molecular weight is 652 g/mol. The van der Waals surface area contributed by atoms with Gasteiger partial charge in [-0.05, 0) is 66.4 Å². The van der Waals surface area contributed by atoms with Gasteiger partial charge in [0.15, 0.2) is 0 Å². The summed E-state index contributed by atoms with van der Waals surface area (Å²) in [6, 6.07) is 52.4. The topological polar surface area (TPSA) is 81.2 Å². The maximum atomic E-state index is 10.9. The molecule has 2 aromatic heterocycles. The first-order valence-electron chi connectivity index (χ1n) is 17.0. The van der Waals surface area contributed by atoms with Crippen molar-refractivity contribution in [2.75, 3.05) is 0 Å². The smallest absolute Gasteiger partial charge is 0.100 e. The van der Waals surface area contributed by atoms with Crippen molar-refractivity contribution in [1.82, 2.24) is 9.13 Å². The summed E-state index contributed by atoms with van der Waals surface area (Å²) >= 11 is 0. The van der Waals surface area contributed by atoms with Crippen LogP contribution in [-0.2, 0) is 0 Å². The van der Waals surface area contributed by atoms with Crippen LogP contribution < -0.4 is 0 Å². The molecule has 238 valence electrons. The van der Waals surface area contributed by atoms with E-state index in [0.717, 1.165) is 83.7 Å². The highest BCUT2D eigenvalue weighted by molar-refractivity contribution is 6.13. The first kappa shape index (κ1) is 30.0. The Morgan fingerprint density at radius 3 is 1.82 bits per heavy atom. The lowest BCUT2D eigenvalue weighted by molar-refractivity contribution is 0.728. The van der Waals surface area contributed by atoms with E-state index < -0.39 is 0 Å². The highest BCUT2D eigenvalue weighted by atomic mass is 15.0. The quantitative estimate of drug-likeness (QED) is 0.190. The van der Waals surface area contributed by atoms with Crippen LogP contribution in [0.4, 0.5) is 0 Å². The van der Waals surface area contributed by atoms with Crippen molar-refractivity contribution in [3.63, 3.8) is 0 Å². The standard InChI is InChI=1S/C46H29N5/c1-29-22-32(27-48)46(45(23-29)51-42-18-6-2-12-35(42)36-13-3-7-19-43(36)51)38-16-9-15-34(40(38)28-49)31-10-8-11-33(25-31)50-41-17-5-4-14-37(41)39-24-30(26-47)20-21-44(39)50/h2-22,24-25,29H,23H2,1H3. The fourth-order valence-corrected chi connectivity index (χ4v) is 8.05. The predicted molar refractivity (Wildman–Crippen MR) is 206 cm³/mol. The zero-order chi connectivity index (χ0) is 34.6. The fraction of sp³-hybridized carbons (Fsp3) is 0.0652. The molecule has 0 spiro atoms. The van der Waals surface area contributed by atoms with E-state index in [2.05, 4.69) is 107 Å². The van der Waals surface area contributed by atoms with E-state index >= 15 is 0 Å². The van der Waals surface area contributed by atoms with Crippen molar-refractivity contribution < 1.29 is 0 Å². The van der Waals surface area contributed by atoms with Crippen molar-refractivity contribution in [3.8, 4) is 35.0 Å². The highest BCUT2D eigenvalue weighted by Gasteiger charge is 2.28. The van der Waals surface area contributed by atoms with Crippen LogP contribution in [0.3, 0.4) is 0 Å². The number of fused-ring (bicyclic) bond motifs is 6. The van der Waals surface area contributed by atoms with Crippen molar-refractivity contribution in [2.45, 2.75) is 13.3 Å². The van der Waals surface area contributed by atoms with Gasteiger partial charge >= 0.3 is 0 Å². The van der Waals surface area contributed by atoms with Gasteiger partial charge in [-0.1, -0.05) is 97.9 Å². The molecule has 0 saturated heterocycles. The monoisotopic (exact) mass is 651 g/mol. The molecule has 0 amide bonds. The van der Waals surface area contributed by atoms with Gasteiger partial charge in [-0.2, -0.15) is 15.8 Å². The van der Waals surface area contributed by atoms with Gasteiger partial charge in [-0.3, -0.25) is 0 Å². The number of aromatic nitrogens is 2. The number of hydrogen-bond donors (Lipinski definition) is 0. The van der Waals surface area contributed by atoms with E-state index in [1.54, 1.807) is 0 Å². The first-order chi connectivity index (χ1) is 25.1. The second-order valence-electron chi connectivity index (χ2n) is 13.2. The minimum atomic E-state index is 0.138.